The van der Waals surface area contributed by atoms with Gasteiger partial charge in [-0.25, -0.2) is 24.6 Å². The Kier molecular flexibility index (Phi) is 8.60. The van der Waals surface area contributed by atoms with Gasteiger partial charge in [-0.15, -0.1) is 0 Å². The number of urea groups is 2. The van der Waals surface area contributed by atoms with Crippen molar-refractivity contribution in [2.24, 2.45) is 0 Å². The van der Waals surface area contributed by atoms with E-state index < -0.39 is 54.3 Å². The Morgan fingerprint density at radius 1 is 1.14 bits per heavy atom. The second-order valence-electron chi connectivity index (χ2n) is 8.28. The lowest BCUT2D eigenvalue weighted by molar-refractivity contribution is -0.155. The highest BCUT2D eigenvalue weighted by molar-refractivity contribution is 5.97. The Balaban J connectivity index is 1.76. The average molecular weight is 517 g/mol. The van der Waals surface area contributed by atoms with Crippen molar-refractivity contribution in [3.63, 3.8) is 0 Å². The number of carboxylic acids is 1. The fourth-order valence-corrected chi connectivity index (χ4v) is 3.90. The lowest BCUT2D eigenvalue weighted by Gasteiger charge is -2.42. The number of hydrazine groups is 2. The highest BCUT2D eigenvalue weighted by atomic mass is 16.4. The van der Waals surface area contributed by atoms with Crippen LogP contribution in [0.2, 0.25) is 0 Å². The summed E-state index contributed by atoms with van der Waals surface area (Å²) < 4.78 is 0. The maximum absolute atomic E-state index is 13.4. The molecular formula is C22H27N7O8. The van der Waals surface area contributed by atoms with E-state index in [4.69, 9.17) is 5.11 Å². The largest absolute Gasteiger partial charge is 0.481 e. The molecule has 0 radical (unpaired) electrons. The molecule has 15 nitrogen and oxygen atoms in total. The zero-order valence-electron chi connectivity index (χ0n) is 19.9. The second kappa shape index (κ2) is 11.8. The topological polar surface area (TPSA) is 198 Å². The summed E-state index contributed by atoms with van der Waals surface area (Å²) in [6.45, 7) is 0.0131. The summed E-state index contributed by atoms with van der Waals surface area (Å²) in [6.07, 6.45) is 0.0622. The number of anilines is 1. The lowest BCUT2D eigenvalue weighted by Crippen LogP contribution is -2.64. The zero-order valence-corrected chi connectivity index (χ0v) is 19.9. The van der Waals surface area contributed by atoms with Crippen LogP contribution >= 0.6 is 0 Å². The van der Waals surface area contributed by atoms with Crippen LogP contribution in [0.5, 0.6) is 0 Å². The molecule has 198 valence electrons. The molecule has 0 aliphatic carbocycles. The van der Waals surface area contributed by atoms with Gasteiger partial charge in [0.15, 0.2) is 0 Å². The molecule has 37 heavy (non-hydrogen) atoms. The van der Waals surface area contributed by atoms with Gasteiger partial charge in [0.2, 0.25) is 11.8 Å². The number of hydrogen-bond acceptors (Lipinski definition) is 7. The Bertz CT molecular complexity index is 1090. The number of fused-ring (bicyclic) bond motifs is 1. The highest BCUT2D eigenvalue weighted by Crippen LogP contribution is 2.24. The number of carbonyl (C=O) groups excluding carboxylic acids is 6. The normalized spacial score (nSPS) is 18.2. The number of carbonyl (C=O) groups is 7. The Morgan fingerprint density at radius 2 is 1.84 bits per heavy atom. The van der Waals surface area contributed by atoms with E-state index in [0.29, 0.717) is 12.1 Å². The van der Waals surface area contributed by atoms with Gasteiger partial charge >= 0.3 is 18.0 Å². The van der Waals surface area contributed by atoms with Gasteiger partial charge in [-0.3, -0.25) is 24.6 Å². The van der Waals surface area contributed by atoms with Crippen LogP contribution in [0, 0.1) is 0 Å². The molecule has 0 saturated carbocycles. The van der Waals surface area contributed by atoms with Crippen molar-refractivity contribution in [3.05, 3.63) is 29.8 Å². The Labute approximate surface area is 211 Å². The molecule has 1 aromatic carbocycles. The molecule has 0 unspecified atom stereocenters. The Hall–Kier alpha value is -4.69. The summed E-state index contributed by atoms with van der Waals surface area (Å²) in [5.74, 6) is -3.20. The van der Waals surface area contributed by atoms with E-state index in [-0.39, 0.29) is 37.8 Å². The summed E-state index contributed by atoms with van der Waals surface area (Å²) in [7, 11) is 1.45. The van der Waals surface area contributed by atoms with E-state index in [1.807, 2.05) is 0 Å². The fourth-order valence-electron chi connectivity index (χ4n) is 3.90. The average Bonchev–Trinajstić information content (AvgIpc) is 3.00. The molecule has 2 fully saturated rings. The summed E-state index contributed by atoms with van der Waals surface area (Å²) in [4.78, 5) is 85.4. The minimum atomic E-state index is -1.31. The molecule has 0 aromatic heterocycles. The quantitative estimate of drug-likeness (QED) is 0.278. The molecule has 5 N–H and O–H groups in total. The number of rotatable bonds is 8. The van der Waals surface area contributed by atoms with Crippen molar-refractivity contribution in [2.45, 2.75) is 37.8 Å². The van der Waals surface area contributed by atoms with Gasteiger partial charge in [-0.1, -0.05) is 0 Å². The van der Waals surface area contributed by atoms with Gasteiger partial charge in [-0.2, -0.15) is 0 Å². The third kappa shape index (κ3) is 6.50. The number of hydrogen-bond donors (Lipinski definition) is 5. The van der Waals surface area contributed by atoms with E-state index in [9.17, 15) is 33.6 Å². The zero-order chi connectivity index (χ0) is 27.1. The molecule has 2 saturated heterocycles. The minimum Gasteiger partial charge on any atom is -0.481 e. The minimum absolute atomic E-state index is 0.123. The number of aldehydes is 1. The van der Waals surface area contributed by atoms with Gasteiger partial charge in [-0.05, 0) is 37.1 Å². The van der Waals surface area contributed by atoms with E-state index >= 15 is 0 Å². The maximum Gasteiger partial charge on any atom is 0.358 e. The second-order valence-corrected chi connectivity index (χ2v) is 8.28. The summed E-state index contributed by atoms with van der Waals surface area (Å²) in [5.41, 5.74) is 3.04. The van der Waals surface area contributed by atoms with Crippen LogP contribution in [0.1, 0.15) is 36.0 Å². The van der Waals surface area contributed by atoms with Crippen LogP contribution in [0.15, 0.2) is 24.3 Å². The van der Waals surface area contributed by atoms with E-state index in [2.05, 4.69) is 21.4 Å². The molecular weight excluding hydrogens is 490 g/mol. The van der Waals surface area contributed by atoms with Gasteiger partial charge < -0.3 is 25.9 Å². The van der Waals surface area contributed by atoms with Crippen LogP contribution in [0.4, 0.5) is 15.3 Å². The first kappa shape index (κ1) is 26.9. The SMILES string of the molecule is CNC(=O)Nc1ccc(C(=O)NN2CCC(=O)N3CCC[C@@H](C(=O)N[C@H](C=O)CC(=O)O)N3C2=O)cc1. The van der Waals surface area contributed by atoms with Crippen LogP contribution in [-0.4, -0.2) is 94.4 Å². The predicted molar refractivity (Wildman–Crippen MR) is 126 cm³/mol. The molecule has 0 spiro atoms. The summed E-state index contributed by atoms with van der Waals surface area (Å²) >= 11 is 0. The first-order chi connectivity index (χ1) is 17.6. The number of benzene rings is 1. The molecule has 2 aliphatic heterocycles. The number of aliphatic carboxylic acids is 1. The fraction of sp³-hybridized carbons (Fsp3) is 0.409. The number of nitrogens with one attached hydrogen (secondary N) is 4. The van der Waals surface area contributed by atoms with Gasteiger partial charge in [0.05, 0.1) is 19.0 Å². The molecule has 2 aliphatic rings. The molecule has 7 amide bonds. The smallest absolute Gasteiger partial charge is 0.358 e. The molecule has 15 heteroatoms. The van der Waals surface area contributed by atoms with E-state index in [1.165, 1.54) is 31.3 Å². The third-order valence-electron chi connectivity index (χ3n) is 5.72. The summed E-state index contributed by atoms with van der Waals surface area (Å²) in [5, 5.41) is 19.2. The molecule has 2 atom stereocenters. The maximum atomic E-state index is 13.4. The third-order valence-corrected chi connectivity index (χ3v) is 5.72. The van der Waals surface area contributed by atoms with Crippen LogP contribution in [0.3, 0.4) is 0 Å². The molecule has 3 rings (SSSR count). The van der Waals surface area contributed by atoms with Crippen LogP contribution < -0.4 is 21.4 Å². The highest BCUT2D eigenvalue weighted by Gasteiger charge is 2.44. The Morgan fingerprint density at radius 3 is 2.46 bits per heavy atom. The van der Waals surface area contributed by atoms with Crippen LogP contribution in [0.25, 0.3) is 0 Å². The monoisotopic (exact) mass is 517 g/mol. The van der Waals surface area contributed by atoms with Crippen molar-refractivity contribution in [1.82, 2.24) is 31.1 Å². The molecule has 1 aromatic rings. The summed E-state index contributed by atoms with van der Waals surface area (Å²) in [6, 6.07) is 2.06. The van der Waals surface area contributed by atoms with Crippen molar-refractivity contribution in [2.75, 3.05) is 25.5 Å². The first-order valence-electron chi connectivity index (χ1n) is 11.4. The van der Waals surface area contributed by atoms with Gasteiger partial charge in [0.1, 0.15) is 12.3 Å². The standard InChI is InChI=1S/C22H27N7O8/c1-23-21(36)25-14-6-4-13(5-7-14)19(34)26-27-10-8-17(31)28-9-2-3-16(29(28)22(27)37)20(35)24-15(12-30)11-18(32)33/h4-7,12,15-16H,2-3,8-11H2,1H3,(H,24,35)(H,26,34)(H,32,33)(H2,23,25,36)/t15-,16-/m0/s1. The van der Waals surface area contributed by atoms with Crippen molar-refractivity contribution in [3.8, 4) is 0 Å². The van der Waals surface area contributed by atoms with E-state index in [0.717, 1.165) is 15.0 Å². The molecule has 0 bridgehead atoms. The first-order valence-corrected chi connectivity index (χ1v) is 11.4. The van der Waals surface area contributed by atoms with E-state index in [1.54, 1.807) is 0 Å². The number of nitrogens with zero attached hydrogens (tertiary/aromatic N) is 3. The van der Waals surface area contributed by atoms with Crippen LogP contribution in [-0.2, 0) is 19.2 Å². The number of amides is 7. The lowest BCUT2D eigenvalue weighted by atomic mass is 10.1. The van der Waals surface area contributed by atoms with Crippen molar-refractivity contribution in [1.29, 1.82) is 0 Å². The predicted octanol–water partition coefficient (Wildman–Crippen LogP) is -0.725. The van der Waals surface area contributed by atoms with Crippen molar-refractivity contribution >= 4 is 47.7 Å². The molecule has 2 heterocycles. The van der Waals surface area contributed by atoms with Gasteiger partial charge in [0, 0.05) is 31.3 Å². The number of carboxylic acid groups (broad SMARTS) is 1. The van der Waals surface area contributed by atoms with Crippen molar-refractivity contribution < 1.29 is 38.7 Å². The van der Waals surface area contributed by atoms with Gasteiger partial charge in [0.25, 0.3) is 5.91 Å².